The molecule has 10 heteroatoms. The van der Waals surface area contributed by atoms with Gasteiger partial charge in [-0.15, -0.1) is 0 Å². The number of morpholine rings is 1. The van der Waals surface area contributed by atoms with Gasteiger partial charge in [-0.2, -0.15) is 0 Å². The van der Waals surface area contributed by atoms with E-state index in [-0.39, 0.29) is 17.2 Å². The van der Waals surface area contributed by atoms with E-state index in [0.29, 0.717) is 55.5 Å². The molecular weight excluding hydrogens is 428 g/mol. The fourth-order valence-corrected chi connectivity index (χ4v) is 3.51. The highest BCUT2D eigenvalue weighted by molar-refractivity contribution is 6.05. The van der Waals surface area contributed by atoms with Gasteiger partial charge in [-0.3, -0.25) is 19.7 Å². The van der Waals surface area contributed by atoms with Gasteiger partial charge in [0.2, 0.25) is 5.91 Å². The van der Waals surface area contributed by atoms with E-state index in [1.807, 2.05) is 11.8 Å². The van der Waals surface area contributed by atoms with Crippen LogP contribution in [0.4, 0.5) is 22.7 Å². The second-order valence-electron chi connectivity index (χ2n) is 7.58. The number of carbonyl (C=O) groups excluding carboxylic acids is 2. The molecule has 1 aliphatic rings. The summed E-state index contributed by atoms with van der Waals surface area (Å²) >= 11 is 0. The van der Waals surface area contributed by atoms with Gasteiger partial charge < -0.3 is 25.0 Å². The van der Waals surface area contributed by atoms with Crippen LogP contribution in [0.5, 0.6) is 5.75 Å². The van der Waals surface area contributed by atoms with E-state index in [1.54, 1.807) is 30.3 Å². The van der Waals surface area contributed by atoms with Crippen LogP contribution in [0.25, 0.3) is 0 Å². The molecule has 1 saturated heterocycles. The van der Waals surface area contributed by atoms with Crippen LogP contribution >= 0.6 is 0 Å². The van der Waals surface area contributed by atoms with Crippen LogP contribution in [0.2, 0.25) is 0 Å². The minimum atomic E-state index is -0.492. The van der Waals surface area contributed by atoms with Crippen molar-refractivity contribution in [1.29, 1.82) is 0 Å². The van der Waals surface area contributed by atoms with Crippen LogP contribution in [0.3, 0.4) is 0 Å². The first kappa shape index (κ1) is 24.0. The molecule has 2 amide bonds. The number of nitro groups is 1. The predicted octanol–water partition coefficient (Wildman–Crippen LogP) is 3.82. The molecule has 2 aromatic carbocycles. The lowest BCUT2D eigenvalue weighted by Crippen LogP contribution is -2.36. The Labute approximate surface area is 192 Å². The number of unbranched alkanes of at least 4 members (excludes halogenated alkanes) is 1. The van der Waals surface area contributed by atoms with E-state index in [0.717, 1.165) is 12.8 Å². The second-order valence-corrected chi connectivity index (χ2v) is 7.58. The Balaban J connectivity index is 1.75. The van der Waals surface area contributed by atoms with E-state index < -0.39 is 10.8 Å². The van der Waals surface area contributed by atoms with Crippen molar-refractivity contribution in [2.45, 2.75) is 26.2 Å². The molecule has 1 aliphatic heterocycles. The molecular formula is C23H28N4O6. The number of nitrogens with one attached hydrogen (secondary N) is 2. The highest BCUT2D eigenvalue weighted by atomic mass is 16.6. The molecule has 0 atom stereocenters. The maximum atomic E-state index is 12.8. The van der Waals surface area contributed by atoms with Crippen LogP contribution in [0, 0.1) is 10.1 Å². The summed E-state index contributed by atoms with van der Waals surface area (Å²) in [5, 5.41) is 17.2. The molecule has 2 aromatic rings. The first-order chi connectivity index (χ1) is 15.9. The van der Waals surface area contributed by atoms with Crippen molar-refractivity contribution in [2.75, 3.05) is 48.9 Å². The molecule has 0 unspecified atom stereocenters. The summed E-state index contributed by atoms with van der Waals surface area (Å²) in [5.74, 6) is -0.209. The number of anilines is 3. The first-order valence-electron chi connectivity index (χ1n) is 10.8. The molecule has 1 fully saturated rings. The van der Waals surface area contributed by atoms with Gasteiger partial charge in [-0.05, 0) is 30.7 Å². The van der Waals surface area contributed by atoms with E-state index in [4.69, 9.17) is 9.47 Å². The molecule has 1 heterocycles. The van der Waals surface area contributed by atoms with Gasteiger partial charge in [0.1, 0.15) is 11.4 Å². The smallest absolute Gasteiger partial charge is 0.293 e. The Morgan fingerprint density at radius 1 is 1.15 bits per heavy atom. The van der Waals surface area contributed by atoms with Crippen molar-refractivity contribution in [3.63, 3.8) is 0 Å². The lowest BCUT2D eigenvalue weighted by atomic mass is 10.1. The molecule has 3 rings (SSSR count). The van der Waals surface area contributed by atoms with Gasteiger partial charge in [-0.25, -0.2) is 0 Å². The topological polar surface area (TPSA) is 123 Å². The summed E-state index contributed by atoms with van der Waals surface area (Å²) in [4.78, 5) is 37.8. The Hall–Kier alpha value is -3.66. The molecule has 33 heavy (non-hydrogen) atoms. The maximum Gasteiger partial charge on any atom is 0.293 e. The molecule has 0 aromatic heterocycles. The average molecular weight is 456 g/mol. The normalized spacial score (nSPS) is 13.3. The third-order valence-electron chi connectivity index (χ3n) is 5.28. The standard InChI is InChI=1S/C23H28N4O6/c1-3-4-5-22(28)25-18-8-7-17(15-21(18)32-2)24-23(29)16-6-9-19(20(14-16)27(30)31)26-10-12-33-13-11-26/h6-9,14-15H,3-5,10-13H2,1-2H3,(H,24,29)(H,25,28). The average Bonchev–Trinajstić information content (AvgIpc) is 2.83. The fraction of sp³-hybridized carbons (Fsp3) is 0.391. The minimum Gasteiger partial charge on any atom is -0.494 e. The van der Waals surface area contributed by atoms with E-state index in [2.05, 4.69) is 10.6 Å². The van der Waals surface area contributed by atoms with Crippen molar-refractivity contribution >= 4 is 34.6 Å². The Morgan fingerprint density at radius 2 is 1.91 bits per heavy atom. The van der Waals surface area contributed by atoms with Crippen LogP contribution < -0.4 is 20.3 Å². The number of amides is 2. The van der Waals surface area contributed by atoms with Gasteiger partial charge >= 0.3 is 0 Å². The van der Waals surface area contributed by atoms with Crippen LogP contribution in [-0.2, 0) is 9.53 Å². The third-order valence-corrected chi connectivity index (χ3v) is 5.28. The van der Waals surface area contributed by atoms with Crippen molar-refractivity contribution in [3.05, 3.63) is 52.1 Å². The van der Waals surface area contributed by atoms with E-state index in [1.165, 1.54) is 13.2 Å². The molecule has 0 aliphatic carbocycles. The number of methoxy groups -OCH3 is 1. The van der Waals surface area contributed by atoms with Gasteiger partial charge in [-0.1, -0.05) is 13.3 Å². The van der Waals surface area contributed by atoms with E-state index >= 15 is 0 Å². The Bertz CT molecular complexity index is 1020. The number of benzene rings is 2. The fourth-order valence-electron chi connectivity index (χ4n) is 3.51. The molecule has 10 nitrogen and oxygen atoms in total. The number of nitrogens with zero attached hydrogens (tertiary/aromatic N) is 2. The molecule has 0 spiro atoms. The van der Waals surface area contributed by atoms with Crippen molar-refractivity contribution in [1.82, 2.24) is 0 Å². The number of rotatable bonds is 9. The number of hydrogen-bond donors (Lipinski definition) is 2. The zero-order chi connectivity index (χ0) is 23.8. The van der Waals surface area contributed by atoms with Crippen molar-refractivity contribution in [2.24, 2.45) is 0 Å². The van der Waals surface area contributed by atoms with Gasteiger partial charge in [0.25, 0.3) is 11.6 Å². The second kappa shape index (κ2) is 11.3. The summed E-state index contributed by atoms with van der Waals surface area (Å²) in [6.45, 7) is 4.10. The largest absolute Gasteiger partial charge is 0.494 e. The molecule has 0 bridgehead atoms. The zero-order valence-electron chi connectivity index (χ0n) is 18.8. The predicted molar refractivity (Wildman–Crippen MR) is 125 cm³/mol. The lowest BCUT2D eigenvalue weighted by Gasteiger charge is -2.28. The van der Waals surface area contributed by atoms with Crippen LogP contribution in [-0.4, -0.2) is 50.2 Å². The molecule has 176 valence electrons. The first-order valence-corrected chi connectivity index (χ1v) is 10.8. The van der Waals surface area contributed by atoms with Gasteiger partial charge in [0, 0.05) is 42.9 Å². The van der Waals surface area contributed by atoms with Crippen molar-refractivity contribution < 1.29 is 24.0 Å². The monoisotopic (exact) mass is 456 g/mol. The Kier molecular flexibility index (Phi) is 8.20. The Morgan fingerprint density at radius 3 is 2.58 bits per heavy atom. The number of ether oxygens (including phenoxy) is 2. The van der Waals surface area contributed by atoms with E-state index in [9.17, 15) is 19.7 Å². The summed E-state index contributed by atoms with van der Waals surface area (Å²) in [7, 11) is 1.47. The summed E-state index contributed by atoms with van der Waals surface area (Å²) in [6.07, 6.45) is 2.12. The zero-order valence-corrected chi connectivity index (χ0v) is 18.8. The lowest BCUT2D eigenvalue weighted by molar-refractivity contribution is -0.384. The van der Waals surface area contributed by atoms with Crippen LogP contribution in [0.1, 0.15) is 36.5 Å². The van der Waals surface area contributed by atoms with Crippen LogP contribution in [0.15, 0.2) is 36.4 Å². The third kappa shape index (κ3) is 6.19. The van der Waals surface area contributed by atoms with Gasteiger partial charge in [0.15, 0.2) is 0 Å². The molecule has 2 N–H and O–H groups in total. The quantitative estimate of drug-likeness (QED) is 0.434. The number of nitro benzene ring substituents is 1. The molecule has 0 saturated carbocycles. The maximum absolute atomic E-state index is 12.8. The molecule has 0 radical (unpaired) electrons. The highest BCUT2D eigenvalue weighted by Gasteiger charge is 2.23. The SMILES string of the molecule is CCCCC(=O)Nc1ccc(NC(=O)c2ccc(N3CCOCC3)c([N+](=O)[O-])c2)cc1OC. The number of hydrogen-bond acceptors (Lipinski definition) is 7. The van der Waals surface area contributed by atoms with Gasteiger partial charge in [0.05, 0.1) is 30.9 Å². The minimum absolute atomic E-state index is 0.111. The summed E-state index contributed by atoms with van der Waals surface area (Å²) in [5.41, 5.74) is 1.43. The highest BCUT2D eigenvalue weighted by Crippen LogP contribution is 2.31. The summed E-state index contributed by atoms with van der Waals surface area (Å²) < 4.78 is 10.6. The van der Waals surface area contributed by atoms with Crippen molar-refractivity contribution in [3.8, 4) is 5.75 Å². The summed E-state index contributed by atoms with van der Waals surface area (Å²) in [6, 6.07) is 9.29. The number of carbonyl (C=O) groups is 2.